The Morgan fingerprint density at radius 1 is 1.70 bits per heavy atom. The molecule has 0 radical (unpaired) electrons. The van der Waals surface area contributed by atoms with Crippen molar-refractivity contribution in [2.24, 2.45) is 5.92 Å². The summed E-state index contributed by atoms with van der Waals surface area (Å²) in [5, 5.41) is 0.165. The standard InChI is InChI=1S/C6H10O2S2/c1-5(7)9-2-6-3-10(8)4-6/h6H,2-4H2,1H3. The summed E-state index contributed by atoms with van der Waals surface area (Å²) in [5.41, 5.74) is 0. The van der Waals surface area contributed by atoms with Gasteiger partial charge in [-0.2, -0.15) is 0 Å². The molecule has 1 rings (SSSR count). The number of thioether (sulfide) groups is 1. The highest BCUT2D eigenvalue weighted by Crippen LogP contribution is 2.19. The van der Waals surface area contributed by atoms with Crippen molar-refractivity contribution in [2.75, 3.05) is 17.3 Å². The molecular weight excluding hydrogens is 168 g/mol. The van der Waals surface area contributed by atoms with Gasteiger partial charge in [0.05, 0.1) is 0 Å². The van der Waals surface area contributed by atoms with Crippen LogP contribution in [-0.4, -0.2) is 26.6 Å². The third-order valence-electron chi connectivity index (χ3n) is 1.37. The maximum absolute atomic E-state index is 10.6. The number of carbonyl (C=O) groups excluding carboxylic acids is 1. The average molecular weight is 178 g/mol. The van der Waals surface area contributed by atoms with E-state index in [0.29, 0.717) is 5.92 Å². The lowest BCUT2D eigenvalue weighted by atomic mass is 10.2. The Hall–Kier alpha value is 0.170. The molecule has 58 valence electrons. The second-order valence-corrected chi connectivity index (χ2v) is 5.19. The maximum Gasteiger partial charge on any atom is 0.185 e. The van der Waals surface area contributed by atoms with E-state index in [0.717, 1.165) is 17.3 Å². The van der Waals surface area contributed by atoms with E-state index >= 15 is 0 Å². The fourth-order valence-electron chi connectivity index (χ4n) is 0.808. The van der Waals surface area contributed by atoms with Crippen molar-refractivity contribution in [3.63, 3.8) is 0 Å². The van der Waals surface area contributed by atoms with Gasteiger partial charge in [-0.05, 0) is 5.92 Å². The predicted octanol–water partition coefficient (Wildman–Crippen LogP) is 0.645. The van der Waals surface area contributed by atoms with Gasteiger partial charge >= 0.3 is 0 Å². The van der Waals surface area contributed by atoms with Crippen LogP contribution in [0.1, 0.15) is 6.92 Å². The van der Waals surface area contributed by atoms with Crippen molar-refractivity contribution >= 4 is 27.7 Å². The monoisotopic (exact) mass is 178 g/mol. The molecular formula is C6H10O2S2. The number of carbonyl (C=O) groups is 1. The molecule has 0 spiro atoms. The number of rotatable bonds is 2. The van der Waals surface area contributed by atoms with Crippen molar-refractivity contribution in [2.45, 2.75) is 6.92 Å². The van der Waals surface area contributed by atoms with Crippen LogP contribution in [0.3, 0.4) is 0 Å². The fourth-order valence-corrected chi connectivity index (χ4v) is 3.00. The van der Waals surface area contributed by atoms with Gasteiger partial charge in [0, 0.05) is 35.0 Å². The Morgan fingerprint density at radius 2 is 2.30 bits per heavy atom. The van der Waals surface area contributed by atoms with Gasteiger partial charge < -0.3 is 0 Å². The molecule has 0 aromatic carbocycles. The summed E-state index contributed by atoms with van der Waals surface area (Å²) >= 11 is 1.34. The highest BCUT2D eigenvalue weighted by Gasteiger charge is 2.25. The van der Waals surface area contributed by atoms with Crippen LogP contribution in [0.4, 0.5) is 0 Å². The van der Waals surface area contributed by atoms with Gasteiger partial charge in [-0.25, -0.2) is 0 Å². The van der Waals surface area contributed by atoms with E-state index in [2.05, 4.69) is 0 Å². The van der Waals surface area contributed by atoms with E-state index in [1.165, 1.54) is 11.8 Å². The van der Waals surface area contributed by atoms with Crippen LogP contribution in [0.25, 0.3) is 0 Å². The van der Waals surface area contributed by atoms with E-state index < -0.39 is 10.8 Å². The number of hydrogen-bond donors (Lipinski definition) is 0. The van der Waals surface area contributed by atoms with Crippen molar-refractivity contribution in [1.29, 1.82) is 0 Å². The Kier molecular flexibility index (Phi) is 2.92. The lowest BCUT2D eigenvalue weighted by molar-refractivity contribution is -0.109. The van der Waals surface area contributed by atoms with Gasteiger partial charge in [0.1, 0.15) is 0 Å². The summed E-state index contributed by atoms with van der Waals surface area (Å²) in [6, 6.07) is 0. The van der Waals surface area contributed by atoms with Crippen LogP contribution in [0.15, 0.2) is 0 Å². The third kappa shape index (κ3) is 2.42. The zero-order valence-corrected chi connectivity index (χ0v) is 7.46. The largest absolute Gasteiger partial charge is 0.288 e. The minimum absolute atomic E-state index is 0.165. The molecule has 1 aliphatic rings. The SMILES string of the molecule is CC(=O)SCC1CS(=O)C1. The van der Waals surface area contributed by atoms with Gasteiger partial charge in [-0.1, -0.05) is 11.8 Å². The number of hydrogen-bond acceptors (Lipinski definition) is 3. The first kappa shape index (κ1) is 8.27. The van der Waals surface area contributed by atoms with Gasteiger partial charge in [0.15, 0.2) is 5.12 Å². The minimum atomic E-state index is -0.561. The van der Waals surface area contributed by atoms with Crippen molar-refractivity contribution < 1.29 is 9.00 Å². The van der Waals surface area contributed by atoms with Crippen LogP contribution < -0.4 is 0 Å². The molecule has 0 unspecified atom stereocenters. The highest BCUT2D eigenvalue weighted by molar-refractivity contribution is 8.13. The van der Waals surface area contributed by atoms with Crippen molar-refractivity contribution in [3.05, 3.63) is 0 Å². The first-order valence-corrected chi connectivity index (χ1v) is 5.64. The zero-order valence-electron chi connectivity index (χ0n) is 5.83. The molecule has 0 aromatic heterocycles. The second kappa shape index (κ2) is 3.53. The van der Waals surface area contributed by atoms with Crippen LogP contribution in [0.2, 0.25) is 0 Å². The van der Waals surface area contributed by atoms with Crippen LogP contribution in [-0.2, 0) is 15.6 Å². The summed E-state index contributed by atoms with van der Waals surface area (Å²) < 4.78 is 10.6. The molecule has 1 heterocycles. The Morgan fingerprint density at radius 3 is 2.70 bits per heavy atom. The molecule has 0 amide bonds. The first-order valence-electron chi connectivity index (χ1n) is 3.17. The van der Waals surface area contributed by atoms with E-state index in [1.54, 1.807) is 6.92 Å². The first-order chi connectivity index (χ1) is 4.68. The second-order valence-electron chi connectivity index (χ2n) is 2.44. The van der Waals surface area contributed by atoms with Crippen LogP contribution in [0, 0.1) is 5.92 Å². The zero-order chi connectivity index (χ0) is 7.56. The topological polar surface area (TPSA) is 34.1 Å². The molecule has 0 aliphatic carbocycles. The molecule has 2 nitrogen and oxygen atoms in total. The summed E-state index contributed by atoms with van der Waals surface area (Å²) in [6.07, 6.45) is 0. The lowest BCUT2D eigenvalue weighted by Gasteiger charge is -2.23. The van der Waals surface area contributed by atoms with Gasteiger partial charge in [0.25, 0.3) is 0 Å². The molecule has 1 fully saturated rings. The van der Waals surface area contributed by atoms with E-state index in [-0.39, 0.29) is 5.12 Å². The summed E-state index contributed by atoms with van der Waals surface area (Å²) in [6.45, 7) is 1.57. The quantitative estimate of drug-likeness (QED) is 0.622. The van der Waals surface area contributed by atoms with Crippen molar-refractivity contribution in [3.8, 4) is 0 Å². The molecule has 0 aromatic rings. The van der Waals surface area contributed by atoms with Gasteiger partial charge in [-0.3, -0.25) is 9.00 Å². The Balaban J connectivity index is 2.05. The molecule has 0 atom stereocenters. The average Bonchev–Trinajstić information content (AvgIpc) is 1.77. The molecule has 0 N–H and O–H groups in total. The molecule has 1 saturated heterocycles. The molecule has 1 aliphatic heterocycles. The molecule has 0 saturated carbocycles. The van der Waals surface area contributed by atoms with Crippen molar-refractivity contribution in [1.82, 2.24) is 0 Å². The summed E-state index contributed by atoms with van der Waals surface area (Å²) in [5.74, 6) is 3.01. The highest BCUT2D eigenvalue weighted by atomic mass is 32.2. The molecule has 0 bridgehead atoms. The predicted molar refractivity (Wildman–Crippen MR) is 44.5 cm³/mol. The summed E-state index contributed by atoms with van der Waals surface area (Å²) in [4.78, 5) is 10.5. The summed E-state index contributed by atoms with van der Waals surface area (Å²) in [7, 11) is -0.561. The van der Waals surface area contributed by atoms with E-state index in [9.17, 15) is 9.00 Å². The van der Waals surface area contributed by atoms with E-state index in [4.69, 9.17) is 0 Å². The van der Waals surface area contributed by atoms with Crippen LogP contribution in [0.5, 0.6) is 0 Å². The van der Waals surface area contributed by atoms with Gasteiger partial charge in [-0.15, -0.1) is 0 Å². The van der Waals surface area contributed by atoms with Crippen LogP contribution >= 0.6 is 11.8 Å². The Bertz CT molecular complexity index is 159. The minimum Gasteiger partial charge on any atom is -0.288 e. The fraction of sp³-hybridized carbons (Fsp3) is 0.833. The van der Waals surface area contributed by atoms with Gasteiger partial charge in [0.2, 0.25) is 0 Å². The molecule has 10 heavy (non-hydrogen) atoms. The Labute approximate surface area is 67.2 Å². The molecule has 4 heteroatoms. The maximum atomic E-state index is 10.6. The third-order valence-corrected chi connectivity index (χ3v) is 4.10. The lowest BCUT2D eigenvalue weighted by Crippen LogP contribution is -2.32. The smallest absolute Gasteiger partial charge is 0.185 e. The normalized spacial score (nSPS) is 31.3. The van der Waals surface area contributed by atoms with E-state index in [1.807, 2.05) is 0 Å².